The monoisotopic (exact) mass is 346 g/mol. The molecule has 1 saturated carbocycles. The second-order valence-corrected chi connectivity index (χ2v) is 7.04. The molecule has 1 saturated heterocycles. The Hall–Kier alpha value is -2.18. The number of nitrogens with zero attached hydrogens (tertiary/aromatic N) is 3. The van der Waals surface area contributed by atoms with Crippen LogP contribution in [0.3, 0.4) is 0 Å². The fourth-order valence-electron chi connectivity index (χ4n) is 3.81. The number of imide groups is 1. The van der Waals surface area contributed by atoms with Crippen LogP contribution in [0.25, 0.3) is 0 Å². The van der Waals surface area contributed by atoms with E-state index in [2.05, 4.69) is 17.3 Å². The van der Waals surface area contributed by atoms with Crippen molar-refractivity contribution >= 4 is 23.5 Å². The molecule has 2 aliphatic rings. The van der Waals surface area contributed by atoms with E-state index in [4.69, 9.17) is 0 Å². The lowest BCUT2D eigenvalue weighted by Crippen LogP contribution is -2.34. The van der Waals surface area contributed by atoms with Crippen LogP contribution >= 0.6 is 0 Å². The highest BCUT2D eigenvalue weighted by atomic mass is 16.2. The molecular weight excluding hydrogens is 320 g/mol. The molecule has 1 aliphatic heterocycles. The van der Waals surface area contributed by atoms with Crippen molar-refractivity contribution in [2.45, 2.75) is 58.4 Å². The summed E-state index contributed by atoms with van der Waals surface area (Å²) in [5.41, 5.74) is 0. The number of carbonyl (C=O) groups excluding carboxylic acids is 3. The van der Waals surface area contributed by atoms with Gasteiger partial charge in [-0.2, -0.15) is 5.10 Å². The predicted octanol–water partition coefficient (Wildman–Crippen LogP) is 2.36. The lowest BCUT2D eigenvalue weighted by molar-refractivity contribution is -0.140. The molecule has 0 bridgehead atoms. The molecule has 0 spiro atoms. The van der Waals surface area contributed by atoms with Crippen LogP contribution in [-0.2, 0) is 14.4 Å². The summed E-state index contributed by atoms with van der Waals surface area (Å²) in [6, 6.07) is 1.94. The van der Waals surface area contributed by atoms with Gasteiger partial charge in [-0.15, -0.1) is 0 Å². The molecule has 1 aliphatic carbocycles. The summed E-state index contributed by atoms with van der Waals surface area (Å²) in [6.07, 6.45) is 6.28. The summed E-state index contributed by atoms with van der Waals surface area (Å²) in [4.78, 5) is 38.4. The summed E-state index contributed by atoms with van der Waals surface area (Å²) >= 11 is 0. The third-order valence-corrected chi connectivity index (χ3v) is 5.44. The molecule has 3 atom stereocenters. The third kappa shape index (κ3) is 3.45. The minimum atomic E-state index is -0.208. The molecule has 2 fully saturated rings. The highest BCUT2D eigenvalue weighted by Gasteiger charge is 2.47. The highest BCUT2D eigenvalue weighted by Crippen LogP contribution is 2.37. The largest absolute Gasteiger partial charge is 0.311 e. The summed E-state index contributed by atoms with van der Waals surface area (Å²) < 4.78 is 1.78. The second-order valence-electron chi connectivity index (χ2n) is 7.04. The van der Waals surface area contributed by atoms with E-state index in [-0.39, 0.29) is 48.6 Å². The normalized spacial score (nSPS) is 24.3. The van der Waals surface area contributed by atoms with Crippen molar-refractivity contribution in [2.75, 3.05) is 11.9 Å². The molecule has 25 heavy (non-hydrogen) atoms. The van der Waals surface area contributed by atoms with E-state index in [1.54, 1.807) is 16.9 Å². The third-order valence-electron chi connectivity index (χ3n) is 5.44. The van der Waals surface area contributed by atoms with E-state index in [1.165, 1.54) is 4.90 Å². The minimum Gasteiger partial charge on any atom is -0.311 e. The molecule has 7 heteroatoms. The zero-order chi connectivity index (χ0) is 18.0. The van der Waals surface area contributed by atoms with Gasteiger partial charge in [0.1, 0.15) is 5.82 Å². The van der Waals surface area contributed by atoms with Crippen molar-refractivity contribution in [3.05, 3.63) is 12.3 Å². The zero-order valence-electron chi connectivity index (χ0n) is 14.9. The molecule has 1 aromatic rings. The molecule has 2 heterocycles. The number of aromatic nitrogens is 2. The highest BCUT2D eigenvalue weighted by molar-refractivity contribution is 6.05. The van der Waals surface area contributed by atoms with Crippen LogP contribution in [-0.4, -0.2) is 38.9 Å². The van der Waals surface area contributed by atoms with E-state index in [0.717, 1.165) is 32.1 Å². The first-order chi connectivity index (χ1) is 12.0. The number of hydrogen-bond donors (Lipinski definition) is 1. The smallest absolute Gasteiger partial charge is 0.233 e. The maximum atomic E-state index is 12.4. The number of nitrogens with one attached hydrogen (secondary N) is 1. The van der Waals surface area contributed by atoms with Gasteiger partial charge in [0.15, 0.2) is 0 Å². The molecule has 136 valence electrons. The van der Waals surface area contributed by atoms with E-state index in [1.807, 2.05) is 6.92 Å². The molecule has 1 aromatic heterocycles. The van der Waals surface area contributed by atoms with Crippen molar-refractivity contribution in [3.8, 4) is 0 Å². The van der Waals surface area contributed by atoms with Gasteiger partial charge in [-0.25, -0.2) is 4.68 Å². The molecule has 0 unspecified atom stereocenters. The van der Waals surface area contributed by atoms with Crippen LogP contribution in [0.15, 0.2) is 12.3 Å². The number of anilines is 1. The fourth-order valence-corrected chi connectivity index (χ4v) is 3.81. The molecule has 0 aromatic carbocycles. The van der Waals surface area contributed by atoms with Gasteiger partial charge in [-0.3, -0.25) is 19.3 Å². The SMILES string of the molecule is CC[C@H](C)n1nccc1NC(=O)CCN1C(=O)[C@H]2CCCC[C@H]2C1=O. The Morgan fingerprint density at radius 2 is 1.92 bits per heavy atom. The van der Waals surface area contributed by atoms with Gasteiger partial charge in [0, 0.05) is 19.0 Å². The first kappa shape index (κ1) is 17.6. The Morgan fingerprint density at radius 1 is 1.28 bits per heavy atom. The number of hydrogen-bond acceptors (Lipinski definition) is 4. The van der Waals surface area contributed by atoms with Crippen LogP contribution in [0.2, 0.25) is 0 Å². The van der Waals surface area contributed by atoms with Gasteiger partial charge in [0.25, 0.3) is 0 Å². The van der Waals surface area contributed by atoms with Gasteiger partial charge < -0.3 is 5.32 Å². The second kappa shape index (κ2) is 7.37. The maximum absolute atomic E-state index is 12.4. The van der Waals surface area contributed by atoms with Crippen LogP contribution in [0.5, 0.6) is 0 Å². The quantitative estimate of drug-likeness (QED) is 0.802. The Balaban J connectivity index is 1.57. The topological polar surface area (TPSA) is 84.3 Å². The summed E-state index contributed by atoms with van der Waals surface area (Å²) in [5.74, 6) is -0.0563. The van der Waals surface area contributed by atoms with Crippen molar-refractivity contribution in [1.29, 1.82) is 0 Å². The molecule has 1 N–H and O–H groups in total. The Labute approximate surface area is 147 Å². The molecular formula is C18H26N4O3. The van der Waals surface area contributed by atoms with Crippen molar-refractivity contribution in [1.82, 2.24) is 14.7 Å². The molecule has 7 nitrogen and oxygen atoms in total. The van der Waals surface area contributed by atoms with Gasteiger partial charge in [0.2, 0.25) is 17.7 Å². The maximum Gasteiger partial charge on any atom is 0.233 e. The van der Waals surface area contributed by atoms with Gasteiger partial charge in [0.05, 0.1) is 24.1 Å². The Bertz CT molecular complexity index is 645. The summed E-state index contributed by atoms with van der Waals surface area (Å²) in [6.45, 7) is 4.25. The van der Waals surface area contributed by atoms with Crippen LogP contribution in [0.4, 0.5) is 5.82 Å². The van der Waals surface area contributed by atoms with Crippen LogP contribution < -0.4 is 5.32 Å². The number of amides is 3. The number of likely N-dealkylation sites (tertiary alicyclic amines) is 1. The van der Waals surface area contributed by atoms with Gasteiger partial charge in [-0.05, 0) is 26.2 Å². The Morgan fingerprint density at radius 3 is 2.52 bits per heavy atom. The Kier molecular flexibility index (Phi) is 5.20. The number of rotatable bonds is 6. The molecule has 3 rings (SSSR count). The van der Waals surface area contributed by atoms with Gasteiger partial charge >= 0.3 is 0 Å². The van der Waals surface area contributed by atoms with E-state index >= 15 is 0 Å². The first-order valence-corrected chi connectivity index (χ1v) is 9.21. The first-order valence-electron chi connectivity index (χ1n) is 9.21. The molecule has 3 amide bonds. The van der Waals surface area contributed by atoms with Crippen molar-refractivity contribution in [3.63, 3.8) is 0 Å². The number of carbonyl (C=O) groups is 3. The predicted molar refractivity (Wildman–Crippen MR) is 92.6 cm³/mol. The van der Waals surface area contributed by atoms with Gasteiger partial charge in [-0.1, -0.05) is 19.8 Å². The lowest BCUT2D eigenvalue weighted by Gasteiger charge is -2.19. The minimum absolute atomic E-state index is 0.0906. The van der Waals surface area contributed by atoms with Crippen LogP contribution in [0, 0.1) is 11.8 Å². The van der Waals surface area contributed by atoms with E-state index in [9.17, 15) is 14.4 Å². The number of fused-ring (bicyclic) bond motifs is 1. The van der Waals surface area contributed by atoms with E-state index < -0.39 is 0 Å². The molecule has 0 radical (unpaired) electrons. The average molecular weight is 346 g/mol. The summed E-state index contributed by atoms with van der Waals surface area (Å²) in [5, 5.41) is 7.07. The average Bonchev–Trinajstić information content (AvgIpc) is 3.17. The fraction of sp³-hybridized carbons (Fsp3) is 0.667. The lowest BCUT2D eigenvalue weighted by atomic mass is 9.81. The zero-order valence-corrected chi connectivity index (χ0v) is 14.9. The van der Waals surface area contributed by atoms with Crippen LogP contribution in [0.1, 0.15) is 58.4 Å². The van der Waals surface area contributed by atoms with Crippen molar-refractivity contribution < 1.29 is 14.4 Å². The van der Waals surface area contributed by atoms with E-state index in [0.29, 0.717) is 5.82 Å². The van der Waals surface area contributed by atoms with Crippen molar-refractivity contribution in [2.24, 2.45) is 11.8 Å². The standard InChI is InChI=1S/C18H26N4O3/c1-3-12(2)22-15(8-10-19-22)20-16(23)9-11-21-17(24)13-6-4-5-7-14(13)18(21)25/h8,10,12-14H,3-7,9,11H2,1-2H3,(H,20,23)/t12-,13-,14+/m0/s1. The summed E-state index contributed by atoms with van der Waals surface area (Å²) in [7, 11) is 0.